The molecule has 1 atom stereocenters. The van der Waals surface area contributed by atoms with Crippen molar-refractivity contribution in [1.29, 1.82) is 0 Å². The van der Waals surface area contributed by atoms with E-state index in [2.05, 4.69) is 31.3 Å². The predicted octanol–water partition coefficient (Wildman–Crippen LogP) is 4.32. The van der Waals surface area contributed by atoms with Gasteiger partial charge in [-0.15, -0.1) is 11.3 Å². The van der Waals surface area contributed by atoms with E-state index in [9.17, 15) is 10.1 Å². The van der Waals surface area contributed by atoms with Crippen LogP contribution in [0.2, 0.25) is 0 Å². The molecule has 0 saturated carbocycles. The minimum Gasteiger partial charge on any atom is -0.382 e. The van der Waals surface area contributed by atoms with Gasteiger partial charge < -0.3 is 5.32 Å². The van der Waals surface area contributed by atoms with Crippen LogP contribution in [0.25, 0.3) is 0 Å². The Morgan fingerprint density at radius 2 is 2.05 bits per heavy atom. The molecule has 2 aromatic rings. The summed E-state index contributed by atoms with van der Waals surface area (Å²) in [5.41, 5.74) is 1.77. The Balaban J connectivity index is 2.02. The Morgan fingerprint density at radius 3 is 2.60 bits per heavy atom. The number of benzene rings is 1. The lowest BCUT2D eigenvalue weighted by Gasteiger charge is -2.14. The van der Waals surface area contributed by atoms with Crippen molar-refractivity contribution in [3.8, 4) is 0 Å². The second kappa shape index (κ2) is 6.05. The van der Waals surface area contributed by atoms with Gasteiger partial charge in [0.05, 0.1) is 4.92 Å². The van der Waals surface area contributed by atoms with Crippen LogP contribution in [-0.4, -0.2) is 11.0 Å². The van der Waals surface area contributed by atoms with Crippen LogP contribution in [0.4, 0.5) is 11.4 Å². The normalized spacial score (nSPS) is 12.2. The number of nitrogens with zero attached hydrogens (tertiary/aromatic N) is 1. The fraction of sp³-hybridized carbons (Fsp3) is 0.333. The summed E-state index contributed by atoms with van der Waals surface area (Å²) in [4.78, 5) is 13.1. The summed E-state index contributed by atoms with van der Waals surface area (Å²) in [6.07, 6.45) is 0.953. The molecule has 1 heterocycles. The van der Waals surface area contributed by atoms with E-state index in [0.29, 0.717) is 5.56 Å². The largest absolute Gasteiger partial charge is 0.382 e. The molecule has 0 amide bonds. The zero-order valence-corrected chi connectivity index (χ0v) is 12.7. The van der Waals surface area contributed by atoms with Crippen LogP contribution < -0.4 is 5.32 Å². The van der Waals surface area contributed by atoms with Gasteiger partial charge in [0.1, 0.15) is 0 Å². The summed E-state index contributed by atoms with van der Waals surface area (Å²) >= 11 is 1.81. The zero-order valence-electron chi connectivity index (χ0n) is 11.8. The first kappa shape index (κ1) is 14.5. The van der Waals surface area contributed by atoms with Crippen molar-refractivity contribution < 1.29 is 4.92 Å². The van der Waals surface area contributed by atoms with Gasteiger partial charge in [-0.2, -0.15) is 0 Å². The van der Waals surface area contributed by atoms with Gasteiger partial charge in [-0.25, -0.2) is 0 Å². The van der Waals surface area contributed by atoms with Gasteiger partial charge >= 0.3 is 0 Å². The van der Waals surface area contributed by atoms with Crippen LogP contribution in [0.5, 0.6) is 0 Å². The van der Waals surface area contributed by atoms with Crippen LogP contribution >= 0.6 is 11.3 Å². The van der Waals surface area contributed by atoms with Gasteiger partial charge in [0.15, 0.2) is 0 Å². The Labute approximate surface area is 122 Å². The molecule has 0 bridgehead atoms. The highest BCUT2D eigenvalue weighted by Gasteiger charge is 2.11. The molecule has 20 heavy (non-hydrogen) atoms. The third-order valence-electron chi connectivity index (χ3n) is 3.11. The predicted molar refractivity (Wildman–Crippen MR) is 83.7 cm³/mol. The summed E-state index contributed by atoms with van der Waals surface area (Å²) in [7, 11) is 0. The SMILES string of the molecule is Cc1ccc(CC(C)Nc2ccc([N+](=O)[O-])c(C)c2)s1. The lowest BCUT2D eigenvalue weighted by atomic mass is 10.1. The van der Waals surface area contributed by atoms with E-state index in [1.807, 2.05) is 6.07 Å². The van der Waals surface area contributed by atoms with Gasteiger partial charge in [-0.3, -0.25) is 10.1 Å². The van der Waals surface area contributed by atoms with Crippen LogP contribution in [-0.2, 0) is 6.42 Å². The number of hydrogen-bond acceptors (Lipinski definition) is 4. The molecule has 1 aromatic carbocycles. The van der Waals surface area contributed by atoms with Gasteiger partial charge in [0, 0.05) is 39.5 Å². The summed E-state index contributed by atoms with van der Waals surface area (Å²) < 4.78 is 0. The number of anilines is 1. The number of aryl methyl sites for hydroxylation is 2. The Kier molecular flexibility index (Phi) is 4.39. The second-order valence-corrected chi connectivity index (χ2v) is 6.39. The summed E-state index contributed by atoms with van der Waals surface area (Å²) in [6, 6.07) is 9.71. The van der Waals surface area contributed by atoms with Crippen LogP contribution in [0, 0.1) is 24.0 Å². The Hall–Kier alpha value is -1.88. The van der Waals surface area contributed by atoms with Crippen molar-refractivity contribution in [2.24, 2.45) is 0 Å². The molecule has 0 aliphatic carbocycles. The van der Waals surface area contributed by atoms with E-state index in [1.54, 1.807) is 30.4 Å². The van der Waals surface area contributed by atoms with Crippen LogP contribution in [0.3, 0.4) is 0 Å². The summed E-state index contributed by atoms with van der Waals surface area (Å²) in [5.74, 6) is 0. The minimum absolute atomic E-state index is 0.164. The average molecular weight is 290 g/mol. The monoisotopic (exact) mass is 290 g/mol. The highest BCUT2D eigenvalue weighted by molar-refractivity contribution is 7.11. The van der Waals surface area contributed by atoms with Crippen molar-refractivity contribution in [3.63, 3.8) is 0 Å². The minimum atomic E-state index is -0.350. The molecule has 0 aliphatic heterocycles. The first-order valence-electron chi connectivity index (χ1n) is 6.52. The number of nitro benzene ring substituents is 1. The summed E-state index contributed by atoms with van der Waals surface area (Å²) in [5, 5.41) is 14.2. The first-order valence-corrected chi connectivity index (χ1v) is 7.34. The molecule has 106 valence electrons. The van der Waals surface area contributed by atoms with Gasteiger partial charge in [0.25, 0.3) is 5.69 Å². The average Bonchev–Trinajstić information content (AvgIpc) is 2.74. The molecule has 5 heteroatoms. The number of nitrogens with one attached hydrogen (secondary N) is 1. The lowest BCUT2D eigenvalue weighted by Crippen LogP contribution is -2.17. The van der Waals surface area contributed by atoms with E-state index in [-0.39, 0.29) is 16.7 Å². The molecule has 4 nitrogen and oxygen atoms in total. The van der Waals surface area contributed by atoms with E-state index in [4.69, 9.17) is 0 Å². The number of nitro groups is 1. The molecule has 1 N–H and O–H groups in total. The van der Waals surface area contributed by atoms with Gasteiger partial charge in [-0.05, 0) is 45.0 Å². The molecule has 2 rings (SSSR count). The highest BCUT2D eigenvalue weighted by atomic mass is 32.1. The molecule has 0 saturated heterocycles. The standard InChI is InChI=1S/C15H18N2O2S/c1-10-8-13(5-7-15(10)17(18)19)16-11(2)9-14-6-4-12(3)20-14/h4-8,11,16H,9H2,1-3H3. The van der Waals surface area contributed by atoms with E-state index in [1.165, 1.54) is 9.75 Å². The first-order chi connectivity index (χ1) is 9.45. The lowest BCUT2D eigenvalue weighted by molar-refractivity contribution is -0.385. The molecular weight excluding hydrogens is 272 g/mol. The van der Waals surface area contributed by atoms with E-state index in [0.717, 1.165) is 12.1 Å². The van der Waals surface area contributed by atoms with Crippen LogP contribution in [0.1, 0.15) is 22.2 Å². The Bertz CT molecular complexity index is 622. The van der Waals surface area contributed by atoms with Crippen LogP contribution in [0.15, 0.2) is 30.3 Å². The quantitative estimate of drug-likeness (QED) is 0.659. The second-order valence-electron chi connectivity index (χ2n) is 5.02. The molecule has 0 fully saturated rings. The molecule has 0 spiro atoms. The van der Waals surface area contributed by atoms with E-state index < -0.39 is 0 Å². The Morgan fingerprint density at radius 1 is 1.30 bits per heavy atom. The maximum atomic E-state index is 10.8. The number of rotatable bonds is 5. The van der Waals surface area contributed by atoms with Gasteiger partial charge in [-0.1, -0.05) is 0 Å². The topological polar surface area (TPSA) is 55.2 Å². The number of hydrogen-bond donors (Lipinski definition) is 1. The third-order valence-corrected chi connectivity index (χ3v) is 4.13. The maximum absolute atomic E-state index is 10.8. The van der Waals surface area contributed by atoms with E-state index >= 15 is 0 Å². The van der Waals surface area contributed by atoms with Crippen molar-refractivity contribution in [2.75, 3.05) is 5.32 Å². The molecule has 1 unspecified atom stereocenters. The highest BCUT2D eigenvalue weighted by Crippen LogP contribution is 2.23. The fourth-order valence-electron chi connectivity index (χ4n) is 2.18. The van der Waals surface area contributed by atoms with Gasteiger partial charge in [0.2, 0.25) is 0 Å². The maximum Gasteiger partial charge on any atom is 0.272 e. The molecule has 0 aliphatic rings. The van der Waals surface area contributed by atoms with Crippen molar-refractivity contribution in [1.82, 2.24) is 0 Å². The summed E-state index contributed by atoms with van der Waals surface area (Å²) in [6.45, 7) is 5.98. The van der Waals surface area contributed by atoms with Crippen molar-refractivity contribution >= 4 is 22.7 Å². The molecular formula is C15H18N2O2S. The zero-order chi connectivity index (χ0) is 14.7. The van der Waals surface area contributed by atoms with Crippen molar-refractivity contribution in [2.45, 2.75) is 33.2 Å². The third kappa shape index (κ3) is 3.57. The molecule has 0 radical (unpaired) electrons. The van der Waals surface area contributed by atoms with Crippen molar-refractivity contribution in [3.05, 3.63) is 55.8 Å². The fourth-order valence-corrected chi connectivity index (χ4v) is 3.20. The molecule has 1 aromatic heterocycles. The smallest absolute Gasteiger partial charge is 0.272 e. The number of thiophene rings is 1.